The van der Waals surface area contributed by atoms with E-state index in [4.69, 9.17) is 0 Å². The Kier molecular flexibility index (Phi) is 2.58. The number of rotatable bonds is 1. The van der Waals surface area contributed by atoms with Crippen molar-refractivity contribution >= 4 is 0 Å². The molecule has 0 amide bonds. The highest BCUT2D eigenvalue weighted by atomic mass is 16.3. The van der Waals surface area contributed by atoms with Crippen molar-refractivity contribution < 1.29 is 5.11 Å². The second-order valence-corrected chi connectivity index (χ2v) is 4.63. The molecular formula is C10H20N2O. The molecule has 0 aromatic rings. The summed E-state index contributed by atoms with van der Waals surface area (Å²) in [6, 6.07) is 1.27. The molecule has 2 atom stereocenters. The molecule has 2 aliphatic heterocycles. The summed E-state index contributed by atoms with van der Waals surface area (Å²) in [5.74, 6) is 0. The van der Waals surface area contributed by atoms with Gasteiger partial charge in [0.15, 0.2) is 0 Å². The average Bonchev–Trinajstić information content (AvgIpc) is 2.42. The van der Waals surface area contributed by atoms with Crippen LogP contribution in [0.1, 0.15) is 20.3 Å². The summed E-state index contributed by atoms with van der Waals surface area (Å²) >= 11 is 0. The molecule has 2 fully saturated rings. The molecule has 0 saturated carbocycles. The summed E-state index contributed by atoms with van der Waals surface area (Å²) in [6.45, 7) is 8.86. The zero-order chi connectivity index (χ0) is 9.42. The van der Waals surface area contributed by atoms with E-state index >= 15 is 0 Å². The van der Waals surface area contributed by atoms with E-state index in [1.54, 1.807) is 0 Å². The average molecular weight is 184 g/mol. The zero-order valence-electron chi connectivity index (χ0n) is 8.61. The van der Waals surface area contributed by atoms with Crippen LogP contribution in [-0.4, -0.2) is 59.3 Å². The fourth-order valence-electron chi connectivity index (χ4n) is 2.51. The molecule has 0 aromatic heterocycles. The van der Waals surface area contributed by atoms with Gasteiger partial charge < -0.3 is 5.11 Å². The van der Waals surface area contributed by atoms with Crippen LogP contribution in [0.4, 0.5) is 0 Å². The van der Waals surface area contributed by atoms with Crippen molar-refractivity contribution in [1.29, 1.82) is 0 Å². The first-order valence-electron chi connectivity index (χ1n) is 5.33. The highest BCUT2D eigenvalue weighted by Crippen LogP contribution is 2.22. The molecule has 3 heteroatoms. The summed E-state index contributed by atoms with van der Waals surface area (Å²) in [5.41, 5.74) is 0. The predicted octanol–water partition coefficient (Wildman–Crippen LogP) is 0.146. The normalized spacial score (nSPS) is 36.9. The fraction of sp³-hybridized carbons (Fsp3) is 1.00. The Labute approximate surface area is 80.3 Å². The van der Waals surface area contributed by atoms with Gasteiger partial charge in [0.05, 0.1) is 6.10 Å². The van der Waals surface area contributed by atoms with Crippen LogP contribution in [0, 0.1) is 0 Å². The lowest BCUT2D eigenvalue weighted by Crippen LogP contribution is -2.52. The van der Waals surface area contributed by atoms with E-state index in [0.717, 1.165) is 26.1 Å². The van der Waals surface area contributed by atoms with Crippen molar-refractivity contribution in [3.8, 4) is 0 Å². The quantitative estimate of drug-likeness (QED) is 0.628. The van der Waals surface area contributed by atoms with Crippen molar-refractivity contribution in [2.75, 3.05) is 26.2 Å². The topological polar surface area (TPSA) is 26.7 Å². The number of nitrogens with zero attached hydrogens (tertiary/aromatic N) is 2. The number of piperazine rings is 1. The van der Waals surface area contributed by atoms with E-state index < -0.39 is 0 Å². The SMILES string of the molecule is CC(C)N1CCN2CC(O)CC2C1. The maximum atomic E-state index is 9.52. The minimum Gasteiger partial charge on any atom is -0.392 e. The highest BCUT2D eigenvalue weighted by molar-refractivity contribution is 4.91. The molecule has 0 bridgehead atoms. The molecule has 2 saturated heterocycles. The lowest BCUT2D eigenvalue weighted by molar-refractivity contribution is 0.0814. The number of aliphatic hydroxyl groups excluding tert-OH is 1. The Morgan fingerprint density at radius 3 is 2.69 bits per heavy atom. The lowest BCUT2D eigenvalue weighted by atomic mass is 10.1. The summed E-state index contributed by atoms with van der Waals surface area (Å²) in [6.07, 6.45) is 0.903. The van der Waals surface area contributed by atoms with Crippen molar-refractivity contribution in [3.63, 3.8) is 0 Å². The maximum absolute atomic E-state index is 9.52. The summed E-state index contributed by atoms with van der Waals surface area (Å²) < 4.78 is 0. The van der Waals surface area contributed by atoms with E-state index in [9.17, 15) is 5.11 Å². The molecule has 1 N–H and O–H groups in total. The molecule has 3 nitrogen and oxygen atoms in total. The molecule has 0 aromatic carbocycles. The third kappa shape index (κ3) is 1.87. The predicted molar refractivity (Wildman–Crippen MR) is 52.7 cm³/mol. The van der Waals surface area contributed by atoms with E-state index in [1.165, 1.54) is 6.54 Å². The molecule has 76 valence electrons. The number of aliphatic hydroxyl groups is 1. The van der Waals surface area contributed by atoms with Crippen molar-refractivity contribution in [1.82, 2.24) is 9.80 Å². The van der Waals surface area contributed by atoms with Crippen molar-refractivity contribution in [3.05, 3.63) is 0 Å². The van der Waals surface area contributed by atoms with E-state index in [1.807, 2.05) is 0 Å². The first kappa shape index (κ1) is 9.44. The van der Waals surface area contributed by atoms with Crippen molar-refractivity contribution in [2.45, 2.75) is 38.5 Å². The van der Waals surface area contributed by atoms with Crippen LogP contribution in [0.5, 0.6) is 0 Å². The molecule has 2 unspecified atom stereocenters. The Morgan fingerprint density at radius 1 is 1.23 bits per heavy atom. The van der Waals surface area contributed by atoms with Gasteiger partial charge in [-0.05, 0) is 20.3 Å². The second kappa shape index (κ2) is 3.56. The van der Waals surface area contributed by atoms with Gasteiger partial charge in [0.2, 0.25) is 0 Å². The van der Waals surface area contributed by atoms with E-state index in [-0.39, 0.29) is 6.10 Å². The van der Waals surface area contributed by atoms with Gasteiger partial charge in [0.25, 0.3) is 0 Å². The zero-order valence-corrected chi connectivity index (χ0v) is 8.61. The first-order valence-corrected chi connectivity index (χ1v) is 5.33. The Bertz CT molecular complexity index is 184. The lowest BCUT2D eigenvalue weighted by Gasteiger charge is -2.39. The Balaban J connectivity index is 1.93. The van der Waals surface area contributed by atoms with Gasteiger partial charge in [-0.15, -0.1) is 0 Å². The van der Waals surface area contributed by atoms with Gasteiger partial charge in [-0.2, -0.15) is 0 Å². The van der Waals surface area contributed by atoms with Crippen LogP contribution in [0.15, 0.2) is 0 Å². The fourth-order valence-corrected chi connectivity index (χ4v) is 2.51. The minimum absolute atomic E-state index is 0.0721. The third-order valence-electron chi connectivity index (χ3n) is 3.36. The minimum atomic E-state index is -0.0721. The van der Waals surface area contributed by atoms with Gasteiger partial charge >= 0.3 is 0 Å². The monoisotopic (exact) mass is 184 g/mol. The largest absolute Gasteiger partial charge is 0.392 e. The maximum Gasteiger partial charge on any atom is 0.0682 e. The molecule has 0 aliphatic carbocycles. The Hall–Kier alpha value is -0.120. The first-order chi connectivity index (χ1) is 6.16. The number of hydrogen-bond acceptors (Lipinski definition) is 3. The van der Waals surface area contributed by atoms with Crippen LogP contribution >= 0.6 is 0 Å². The number of fused-ring (bicyclic) bond motifs is 1. The van der Waals surface area contributed by atoms with Crippen LogP contribution in [-0.2, 0) is 0 Å². The molecule has 2 rings (SSSR count). The molecule has 2 aliphatic rings. The number of hydrogen-bond donors (Lipinski definition) is 1. The van der Waals surface area contributed by atoms with Gasteiger partial charge in [-0.3, -0.25) is 9.80 Å². The molecule has 0 spiro atoms. The molecule has 2 heterocycles. The summed E-state index contributed by atoms with van der Waals surface area (Å²) in [7, 11) is 0. The van der Waals surface area contributed by atoms with E-state index in [0.29, 0.717) is 12.1 Å². The second-order valence-electron chi connectivity index (χ2n) is 4.63. The van der Waals surface area contributed by atoms with Crippen LogP contribution in [0.3, 0.4) is 0 Å². The molecular weight excluding hydrogens is 164 g/mol. The third-order valence-corrected chi connectivity index (χ3v) is 3.36. The van der Waals surface area contributed by atoms with Gasteiger partial charge in [-0.1, -0.05) is 0 Å². The van der Waals surface area contributed by atoms with Gasteiger partial charge in [0, 0.05) is 38.3 Å². The van der Waals surface area contributed by atoms with Gasteiger partial charge in [-0.25, -0.2) is 0 Å². The van der Waals surface area contributed by atoms with Crippen LogP contribution in [0.2, 0.25) is 0 Å². The molecule has 13 heavy (non-hydrogen) atoms. The van der Waals surface area contributed by atoms with Crippen LogP contribution in [0.25, 0.3) is 0 Å². The van der Waals surface area contributed by atoms with Gasteiger partial charge in [0.1, 0.15) is 0 Å². The Morgan fingerprint density at radius 2 is 2.00 bits per heavy atom. The molecule has 0 radical (unpaired) electrons. The van der Waals surface area contributed by atoms with Crippen molar-refractivity contribution in [2.24, 2.45) is 0 Å². The summed E-state index contributed by atoms with van der Waals surface area (Å²) in [5, 5.41) is 9.52. The standard InChI is InChI=1S/C10H20N2O/c1-8(2)11-3-4-12-7-10(13)5-9(12)6-11/h8-10,13H,3-7H2,1-2H3. The van der Waals surface area contributed by atoms with Crippen LogP contribution < -0.4 is 0 Å². The van der Waals surface area contributed by atoms with E-state index in [2.05, 4.69) is 23.6 Å². The smallest absolute Gasteiger partial charge is 0.0682 e. The highest BCUT2D eigenvalue weighted by Gasteiger charge is 2.35. The summed E-state index contributed by atoms with van der Waals surface area (Å²) in [4.78, 5) is 4.95.